The first kappa shape index (κ1) is 12.3. The summed E-state index contributed by atoms with van der Waals surface area (Å²) < 4.78 is 5.79. The summed E-state index contributed by atoms with van der Waals surface area (Å²) in [6, 6.07) is 0. The third kappa shape index (κ3) is 3.19. The van der Waals surface area contributed by atoms with Crippen molar-refractivity contribution in [3.05, 3.63) is 0 Å². The van der Waals surface area contributed by atoms with E-state index in [0.717, 1.165) is 31.2 Å². The van der Waals surface area contributed by atoms with Gasteiger partial charge < -0.3 is 14.7 Å². The summed E-state index contributed by atoms with van der Waals surface area (Å²) in [5.41, 5.74) is 0. The number of rotatable bonds is 3. The van der Waals surface area contributed by atoms with Gasteiger partial charge in [0, 0.05) is 19.6 Å². The molecule has 0 spiro atoms. The lowest BCUT2D eigenvalue weighted by atomic mass is 9.91. The minimum atomic E-state index is 0.102. The highest BCUT2D eigenvalue weighted by Crippen LogP contribution is 2.24. The van der Waals surface area contributed by atoms with Crippen molar-refractivity contribution in [1.29, 1.82) is 0 Å². The summed E-state index contributed by atoms with van der Waals surface area (Å²) in [4.78, 5) is 2.54. The van der Waals surface area contributed by atoms with Crippen molar-refractivity contribution >= 4 is 0 Å². The fourth-order valence-electron chi connectivity index (χ4n) is 3.28. The third-order valence-electron chi connectivity index (χ3n) is 3.81. The van der Waals surface area contributed by atoms with E-state index in [1.54, 1.807) is 0 Å². The van der Waals surface area contributed by atoms with E-state index in [9.17, 15) is 0 Å². The van der Waals surface area contributed by atoms with E-state index in [1.165, 1.54) is 19.5 Å². The summed E-state index contributed by atoms with van der Waals surface area (Å²) in [5, 5.41) is 9.04. The number of aliphatic hydroxyl groups is 1. The minimum absolute atomic E-state index is 0.102. The molecule has 2 fully saturated rings. The van der Waals surface area contributed by atoms with E-state index in [4.69, 9.17) is 9.84 Å². The molecule has 2 unspecified atom stereocenters. The van der Waals surface area contributed by atoms with Gasteiger partial charge in [-0.2, -0.15) is 0 Å². The average Bonchev–Trinajstić information content (AvgIpc) is 2.64. The Morgan fingerprint density at radius 1 is 1.12 bits per heavy atom. The van der Waals surface area contributed by atoms with Crippen molar-refractivity contribution in [1.82, 2.24) is 4.90 Å². The van der Waals surface area contributed by atoms with Crippen LogP contribution in [0.15, 0.2) is 0 Å². The molecule has 16 heavy (non-hydrogen) atoms. The lowest BCUT2D eigenvalue weighted by molar-refractivity contribution is -0.0118. The Morgan fingerprint density at radius 3 is 2.31 bits per heavy atom. The predicted octanol–water partition coefficient (Wildman–Crippen LogP) is 1.50. The Balaban J connectivity index is 1.77. The second-order valence-corrected chi connectivity index (χ2v) is 5.80. The SMILES string of the molecule is CC1CC(C)CN(C[C@@H]2CC[C@H](CO)O2)C1. The Hall–Kier alpha value is -0.120. The average molecular weight is 227 g/mol. The monoisotopic (exact) mass is 227 g/mol. The maximum Gasteiger partial charge on any atom is 0.0811 e. The van der Waals surface area contributed by atoms with Gasteiger partial charge in [-0.05, 0) is 31.1 Å². The van der Waals surface area contributed by atoms with Crippen LogP contribution in [0, 0.1) is 11.8 Å². The number of aliphatic hydroxyl groups excluding tert-OH is 1. The van der Waals surface area contributed by atoms with Gasteiger partial charge >= 0.3 is 0 Å². The quantitative estimate of drug-likeness (QED) is 0.793. The molecule has 3 nitrogen and oxygen atoms in total. The molecule has 2 heterocycles. The maximum atomic E-state index is 9.04. The van der Waals surface area contributed by atoms with Gasteiger partial charge in [0.05, 0.1) is 18.8 Å². The van der Waals surface area contributed by atoms with Crippen molar-refractivity contribution in [2.45, 2.75) is 45.3 Å². The van der Waals surface area contributed by atoms with Crippen molar-refractivity contribution in [3.8, 4) is 0 Å². The fourth-order valence-corrected chi connectivity index (χ4v) is 3.28. The van der Waals surface area contributed by atoms with Gasteiger partial charge in [0.25, 0.3) is 0 Å². The predicted molar refractivity (Wildman–Crippen MR) is 64.4 cm³/mol. The first-order chi connectivity index (χ1) is 7.67. The summed E-state index contributed by atoms with van der Waals surface area (Å²) >= 11 is 0. The number of piperidine rings is 1. The van der Waals surface area contributed by atoms with Gasteiger partial charge in [-0.25, -0.2) is 0 Å². The van der Waals surface area contributed by atoms with Crippen molar-refractivity contribution in [2.24, 2.45) is 11.8 Å². The zero-order valence-electron chi connectivity index (χ0n) is 10.6. The Morgan fingerprint density at radius 2 is 1.75 bits per heavy atom. The number of likely N-dealkylation sites (tertiary alicyclic amines) is 1. The van der Waals surface area contributed by atoms with Crippen LogP contribution in [-0.2, 0) is 4.74 Å². The molecular formula is C13H25NO2. The Labute approximate surface area is 98.8 Å². The summed E-state index contributed by atoms with van der Waals surface area (Å²) in [6.07, 6.45) is 3.96. The second-order valence-electron chi connectivity index (χ2n) is 5.80. The molecule has 0 aromatic heterocycles. The summed E-state index contributed by atoms with van der Waals surface area (Å²) in [7, 11) is 0. The summed E-state index contributed by atoms with van der Waals surface area (Å²) in [6.45, 7) is 8.36. The van der Waals surface area contributed by atoms with Crippen molar-refractivity contribution in [2.75, 3.05) is 26.2 Å². The molecule has 2 rings (SSSR count). The van der Waals surface area contributed by atoms with Crippen LogP contribution in [0.4, 0.5) is 0 Å². The van der Waals surface area contributed by atoms with Gasteiger partial charge in [0.15, 0.2) is 0 Å². The van der Waals surface area contributed by atoms with E-state index in [1.807, 2.05) is 0 Å². The van der Waals surface area contributed by atoms with Crippen molar-refractivity contribution < 1.29 is 9.84 Å². The van der Waals surface area contributed by atoms with Gasteiger partial charge in [0.2, 0.25) is 0 Å². The van der Waals surface area contributed by atoms with Crippen LogP contribution in [0.5, 0.6) is 0 Å². The molecule has 2 aliphatic heterocycles. The van der Waals surface area contributed by atoms with Crippen LogP contribution >= 0.6 is 0 Å². The van der Waals surface area contributed by atoms with Crippen LogP contribution in [0.3, 0.4) is 0 Å². The Bertz CT molecular complexity index is 212. The molecular weight excluding hydrogens is 202 g/mol. The molecule has 1 N–H and O–H groups in total. The Kier molecular flexibility index (Phi) is 4.22. The van der Waals surface area contributed by atoms with E-state index in [-0.39, 0.29) is 12.7 Å². The second kappa shape index (κ2) is 5.48. The maximum absolute atomic E-state index is 9.04. The number of ether oxygens (including phenoxy) is 1. The molecule has 0 radical (unpaired) electrons. The van der Waals surface area contributed by atoms with Crippen LogP contribution in [0.1, 0.15) is 33.1 Å². The zero-order chi connectivity index (χ0) is 11.5. The molecule has 0 saturated carbocycles. The molecule has 2 saturated heterocycles. The molecule has 2 aliphatic rings. The van der Waals surface area contributed by atoms with Crippen LogP contribution in [-0.4, -0.2) is 48.5 Å². The van der Waals surface area contributed by atoms with Crippen LogP contribution in [0.2, 0.25) is 0 Å². The standard InChI is InChI=1S/C13H25NO2/c1-10-5-11(2)7-14(6-10)8-12-3-4-13(9-15)16-12/h10-13,15H,3-9H2,1-2H3/t10?,11?,12-,13+/m0/s1. The fraction of sp³-hybridized carbons (Fsp3) is 1.00. The smallest absolute Gasteiger partial charge is 0.0811 e. The van der Waals surface area contributed by atoms with E-state index in [0.29, 0.717) is 6.10 Å². The largest absolute Gasteiger partial charge is 0.394 e. The van der Waals surface area contributed by atoms with Gasteiger partial charge in [-0.15, -0.1) is 0 Å². The topological polar surface area (TPSA) is 32.7 Å². The molecule has 94 valence electrons. The molecule has 3 heteroatoms. The van der Waals surface area contributed by atoms with E-state index in [2.05, 4.69) is 18.7 Å². The highest BCUT2D eigenvalue weighted by Gasteiger charge is 2.29. The van der Waals surface area contributed by atoms with Gasteiger partial charge in [-0.3, -0.25) is 0 Å². The normalized spacial score (nSPS) is 41.4. The van der Waals surface area contributed by atoms with E-state index >= 15 is 0 Å². The third-order valence-corrected chi connectivity index (χ3v) is 3.81. The van der Waals surface area contributed by atoms with E-state index < -0.39 is 0 Å². The number of hydrogen-bond donors (Lipinski definition) is 1. The number of hydrogen-bond acceptors (Lipinski definition) is 3. The molecule has 0 amide bonds. The lowest BCUT2D eigenvalue weighted by Crippen LogP contribution is -2.42. The first-order valence-electron chi connectivity index (χ1n) is 6.66. The zero-order valence-corrected chi connectivity index (χ0v) is 10.6. The molecule has 0 aromatic carbocycles. The van der Waals surface area contributed by atoms with Crippen molar-refractivity contribution in [3.63, 3.8) is 0 Å². The van der Waals surface area contributed by atoms with Gasteiger partial charge in [0.1, 0.15) is 0 Å². The highest BCUT2D eigenvalue weighted by molar-refractivity contribution is 4.80. The summed E-state index contributed by atoms with van der Waals surface area (Å²) in [5.74, 6) is 1.64. The lowest BCUT2D eigenvalue weighted by Gasteiger charge is -2.36. The molecule has 4 atom stereocenters. The molecule has 0 bridgehead atoms. The molecule has 0 aromatic rings. The minimum Gasteiger partial charge on any atom is -0.394 e. The highest BCUT2D eigenvalue weighted by atomic mass is 16.5. The first-order valence-corrected chi connectivity index (χ1v) is 6.66. The molecule has 0 aliphatic carbocycles. The number of nitrogens with zero attached hydrogens (tertiary/aromatic N) is 1. The van der Waals surface area contributed by atoms with Gasteiger partial charge in [-0.1, -0.05) is 13.8 Å². The van der Waals surface area contributed by atoms with Crippen LogP contribution < -0.4 is 0 Å². The van der Waals surface area contributed by atoms with Crippen LogP contribution in [0.25, 0.3) is 0 Å².